The van der Waals surface area contributed by atoms with Gasteiger partial charge < -0.3 is 13.9 Å². The molecule has 158 valence electrons. The molecule has 0 radical (unpaired) electrons. The third-order valence-electron chi connectivity index (χ3n) is 3.86. The number of hydrogen-bond acceptors (Lipinski definition) is 8. The molecule has 9 heteroatoms. The van der Waals surface area contributed by atoms with E-state index in [1.807, 2.05) is 12.3 Å². The summed E-state index contributed by atoms with van der Waals surface area (Å²) >= 11 is 1.36. The van der Waals surface area contributed by atoms with Crippen molar-refractivity contribution in [2.75, 3.05) is 0 Å². The number of carbonyl (C=O) groups is 2. The van der Waals surface area contributed by atoms with Gasteiger partial charge in [0, 0.05) is 11.1 Å². The van der Waals surface area contributed by atoms with Crippen LogP contribution in [0.1, 0.15) is 43.7 Å². The lowest BCUT2D eigenvalue weighted by Gasteiger charge is -2.22. The molecule has 1 unspecified atom stereocenters. The first-order valence-electron chi connectivity index (χ1n) is 9.22. The summed E-state index contributed by atoms with van der Waals surface area (Å²) in [5.41, 5.74) is 0.721. The molecule has 1 amide bonds. The number of nitrogens with one attached hydrogen (secondary N) is 1. The van der Waals surface area contributed by atoms with Gasteiger partial charge in [0.2, 0.25) is 5.43 Å². The van der Waals surface area contributed by atoms with Crippen LogP contribution >= 0.6 is 11.3 Å². The summed E-state index contributed by atoms with van der Waals surface area (Å²) in [5.74, 6) is -0.678. The van der Waals surface area contributed by atoms with Crippen molar-refractivity contribution in [3.63, 3.8) is 0 Å². The zero-order valence-electron chi connectivity index (χ0n) is 17.3. The fourth-order valence-electron chi connectivity index (χ4n) is 2.61. The molecule has 8 nitrogen and oxygen atoms in total. The molecule has 0 saturated carbocycles. The van der Waals surface area contributed by atoms with Crippen LogP contribution in [-0.4, -0.2) is 28.9 Å². The highest BCUT2D eigenvalue weighted by Crippen LogP contribution is 2.24. The quantitative estimate of drug-likeness (QED) is 0.487. The first-order chi connectivity index (χ1) is 14.0. The number of carbonyl (C=O) groups excluding carboxylic acids is 2. The van der Waals surface area contributed by atoms with E-state index < -0.39 is 23.9 Å². The van der Waals surface area contributed by atoms with E-state index in [9.17, 15) is 14.4 Å². The van der Waals surface area contributed by atoms with Crippen molar-refractivity contribution in [2.45, 2.75) is 46.4 Å². The van der Waals surface area contributed by atoms with Crippen LogP contribution in [0.25, 0.3) is 21.5 Å². The number of fused-ring (bicyclic) bond motifs is 1. The smallest absolute Gasteiger partial charge is 0.410 e. The summed E-state index contributed by atoms with van der Waals surface area (Å²) in [5, 5.41) is 5.19. The van der Waals surface area contributed by atoms with E-state index in [4.69, 9.17) is 13.9 Å². The molecule has 3 rings (SSSR count). The summed E-state index contributed by atoms with van der Waals surface area (Å²) in [4.78, 5) is 41.2. The number of esters is 1. The molecular formula is C21H22N2O6S. The normalized spacial score (nSPS) is 12.4. The maximum atomic E-state index is 12.8. The van der Waals surface area contributed by atoms with Crippen molar-refractivity contribution in [1.82, 2.24) is 10.3 Å². The number of hydrogen-bond donors (Lipinski definition) is 1. The largest absolute Gasteiger partial charge is 0.463 e. The number of rotatable bonds is 4. The molecule has 3 aromatic rings. The van der Waals surface area contributed by atoms with Crippen LogP contribution in [0, 0.1) is 6.92 Å². The Hall–Kier alpha value is -3.20. The average Bonchev–Trinajstić information content (AvgIpc) is 3.05. The van der Waals surface area contributed by atoms with Gasteiger partial charge in [-0.25, -0.2) is 14.6 Å². The van der Waals surface area contributed by atoms with Crippen LogP contribution in [-0.2, 0) is 9.47 Å². The van der Waals surface area contributed by atoms with E-state index >= 15 is 0 Å². The molecule has 0 spiro atoms. The van der Waals surface area contributed by atoms with Gasteiger partial charge in [-0.3, -0.25) is 10.1 Å². The van der Waals surface area contributed by atoms with Gasteiger partial charge in [-0.05, 0) is 52.8 Å². The maximum absolute atomic E-state index is 12.8. The Kier molecular flexibility index (Phi) is 5.93. The molecule has 2 aromatic heterocycles. The number of thiazole rings is 1. The Labute approximate surface area is 176 Å². The van der Waals surface area contributed by atoms with Gasteiger partial charge in [0.05, 0.1) is 16.5 Å². The molecule has 0 aliphatic heterocycles. The number of aromatic nitrogens is 1. The van der Waals surface area contributed by atoms with Gasteiger partial charge in [-0.1, -0.05) is 0 Å². The lowest BCUT2D eigenvalue weighted by Crippen LogP contribution is -2.39. The topological polar surface area (TPSA) is 108 Å². The fourth-order valence-corrected chi connectivity index (χ4v) is 3.41. The predicted octanol–water partition coefficient (Wildman–Crippen LogP) is 4.25. The van der Waals surface area contributed by atoms with Crippen LogP contribution in [0.4, 0.5) is 4.79 Å². The Balaban J connectivity index is 1.76. The SMILES string of the molecule is Cc1csc(-c2coc3cc(C(=O)OC(C)NC(=O)OC(C)(C)C)ccc3c2=O)n1. The van der Waals surface area contributed by atoms with E-state index in [1.165, 1.54) is 42.7 Å². The standard InChI is InChI=1S/C21H22N2O6S/c1-11-10-30-18(22-11)15-9-27-16-8-13(6-7-14(16)17(15)24)19(25)28-12(2)23-20(26)29-21(3,4)5/h6-10,12H,1-5H3,(H,23,26). The highest BCUT2D eigenvalue weighted by Gasteiger charge is 2.20. The van der Waals surface area contributed by atoms with E-state index in [0.29, 0.717) is 16.0 Å². The summed E-state index contributed by atoms with van der Waals surface area (Å²) < 4.78 is 15.9. The lowest BCUT2D eigenvalue weighted by molar-refractivity contribution is 0.0148. The van der Waals surface area contributed by atoms with Crippen molar-refractivity contribution >= 4 is 34.4 Å². The van der Waals surface area contributed by atoms with Crippen molar-refractivity contribution in [1.29, 1.82) is 0 Å². The zero-order chi connectivity index (χ0) is 22.1. The minimum atomic E-state index is -0.912. The number of nitrogens with zero attached hydrogens (tertiary/aromatic N) is 1. The number of amides is 1. The monoisotopic (exact) mass is 430 g/mol. The second kappa shape index (κ2) is 8.27. The molecule has 0 saturated heterocycles. The molecule has 1 aromatic carbocycles. The predicted molar refractivity (Wildman–Crippen MR) is 113 cm³/mol. The van der Waals surface area contributed by atoms with E-state index in [0.717, 1.165) is 5.69 Å². The first kappa shape index (κ1) is 21.5. The molecular weight excluding hydrogens is 408 g/mol. The minimum Gasteiger partial charge on any atom is -0.463 e. The zero-order valence-corrected chi connectivity index (χ0v) is 18.1. The fraction of sp³-hybridized carbons (Fsp3) is 0.333. The molecule has 0 aliphatic carbocycles. The van der Waals surface area contributed by atoms with Crippen molar-refractivity contribution in [3.8, 4) is 10.6 Å². The third kappa shape index (κ3) is 5.04. The Morgan fingerprint density at radius 2 is 2.00 bits per heavy atom. The highest BCUT2D eigenvalue weighted by atomic mass is 32.1. The van der Waals surface area contributed by atoms with Crippen LogP contribution < -0.4 is 10.7 Å². The van der Waals surface area contributed by atoms with Crippen LogP contribution in [0.5, 0.6) is 0 Å². The number of benzene rings is 1. The second-order valence-corrected chi connectivity index (χ2v) is 8.54. The van der Waals surface area contributed by atoms with Gasteiger partial charge >= 0.3 is 12.1 Å². The minimum absolute atomic E-state index is 0.182. The van der Waals surface area contributed by atoms with Crippen LogP contribution in [0.3, 0.4) is 0 Å². The first-order valence-corrected chi connectivity index (χ1v) is 10.1. The lowest BCUT2D eigenvalue weighted by atomic mass is 10.1. The van der Waals surface area contributed by atoms with E-state index in [1.54, 1.807) is 20.8 Å². The molecule has 30 heavy (non-hydrogen) atoms. The maximum Gasteiger partial charge on any atom is 0.410 e. The molecule has 2 heterocycles. The molecule has 0 fully saturated rings. The summed E-state index contributed by atoms with van der Waals surface area (Å²) in [6, 6.07) is 4.41. The van der Waals surface area contributed by atoms with E-state index in [2.05, 4.69) is 10.3 Å². The average molecular weight is 430 g/mol. The van der Waals surface area contributed by atoms with E-state index in [-0.39, 0.29) is 16.6 Å². The summed E-state index contributed by atoms with van der Waals surface area (Å²) in [6.07, 6.45) is -0.270. The van der Waals surface area contributed by atoms with Crippen molar-refractivity contribution < 1.29 is 23.5 Å². The Bertz CT molecular complexity index is 1160. The number of ether oxygens (including phenoxy) is 2. The number of alkyl carbamates (subject to hydrolysis) is 1. The summed E-state index contributed by atoms with van der Waals surface area (Å²) in [6.45, 7) is 8.54. The Morgan fingerprint density at radius 1 is 1.27 bits per heavy atom. The molecule has 1 atom stereocenters. The Morgan fingerprint density at radius 3 is 2.63 bits per heavy atom. The highest BCUT2D eigenvalue weighted by molar-refractivity contribution is 7.13. The van der Waals surface area contributed by atoms with Gasteiger partial charge in [-0.15, -0.1) is 11.3 Å². The number of aryl methyl sites for hydroxylation is 1. The second-order valence-electron chi connectivity index (χ2n) is 7.68. The molecule has 1 N–H and O–H groups in total. The van der Waals surface area contributed by atoms with Crippen molar-refractivity contribution in [2.24, 2.45) is 0 Å². The third-order valence-corrected chi connectivity index (χ3v) is 4.86. The van der Waals surface area contributed by atoms with Crippen molar-refractivity contribution in [3.05, 3.63) is 51.3 Å². The molecule has 0 bridgehead atoms. The van der Waals surface area contributed by atoms with Gasteiger partial charge in [-0.2, -0.15) is 0 Å². The van der Waals surface area contributed by atoms with Gasteiger partial charge in [0.1, 0.15) is 22.5 Å². The van der Waals surface area contributed by atoms with Gasteiger partial charge in [0.25, 0.3) is 0 Å². The summed E-state index contributed by atoms with van der Waals surface area (Å²) in [7, 11) is 0. The molecule has 0 aliphatic rings. The van der Waals surface area contributed by atoms with Gasteiger partial charge in [0.15, 0.2) is 6.23 Å². The van der Waals surface area contributed by atoms with Crippen LogP contribution in [0.15, 0.2) is 39.1 Å². The van der Waals surface area contributed by atoms with Crippen LogP contribution in [0.2, 0.25) is 0 Å².